The molecule has 0 N–H and O–H groups in total. The molecular formula is C35H62. The average Bonchev–Trinajstić information content (AvgIpc) is 2.79. The zero-order chi connectivity index (χ0) is 26.1. The number of hydrogen-bond acceptors (Lipinski definition) is 0. The average molecular weight is 483 g/mol. The second kappa shape index (κ2) is 19.1. The fraction of sp³-hybridized carbons (Fsp3) is 0.771. The van der Waals surface area contributed by atoms with Gasteiger partial charge in [-0.05, 0) is 102 Å². The molecule has 1 unspecified atom stereocenters. The summed E-state index contributed by atoms with van der Waals surface area (Å²) in [5.74, 6) is 3.40. The van der Waals surface area contributed by atoms with Crippen molar-refractivity contribution >= 4 is 0 Å². The molecule has 0 saturated heterocycles. The van der Waals surface area contributed by atoms with Crippen molar-refractivity contribution in [3.63, 3.8) is 0 Å². The van der Waals surface area contributed by atoms with Gasteiger partial charge < -0.3 is 0 Å². The molecule has 3 atom stereocenters. The molecule has 0 spiro atoms. The first-order valence-electron chi connectivity index (χ1n) is 15.3. The molecule has 0 amide bonds. The van der Waals surface area contributed by atoms with Gasteiger partial charge in [0, 0.05) is 0 Å². The highest BCUT2D eigenvalue weighted by molar-refractivity contribution is 5.13. The Labute approximate surface area is 221 Å². The zero-order valence-corrected chi connectivity index (χ0v) is 25.1. The lowest BCUT2D eigenvalue weighted by Crippen LogP contribution is -2.07. The molecule has 0 heteroatoms. The lowest BCUT2D eigenvalue weighted by atomic mass is 9.83. The lowest BCUT2D eigenvalue weighted by Gasteiger charge is -2.22. The second-order valence-electron chi connectivity index (χ2n) is 12.7. The molecular weight excluding hydrogens is 420 g/mol. The van der Waals surface area contributed by atoms with Gasteiger partial charge in [0.05, 0.1) is 0 Å². The predicted octanol–water partition coefficient (Wildman–Crippen LogP) is 12.2. The Balaban J connectivity index is 2.09. The van der Waals surface area contributed by atoms with E-state index in [0.29, 0.717) is 0 Å². The first-order valence-corrected chi connectivity index (χ1v) is 15.3. The molecule has 1 aliphatic rings. The summed E-state index contributed by atoms with van der Waals surface area (Å²) in [6.07, 6.45) is 28.5. The van der Waals surface area contributed by atoms with E-state index in [4.69, 9.17) is 0 Å². The first-order chi connectivity index (χ1) is 16.7. The summed E-state index contributed by atoms with van der Waals surface area (Å²) in [4.78, 5) is 0. The summed E-state index contributed by atoms with van der Waals surface area (Å²) in [6, 6.07) is 0. The van der Waals surface area contributed by atoms with E-state index in [1.807, 2.05) is 0 Å². The maximum absolute atomic E-state index is 4.40. The SMILES string of the molecule is C=C(CC/C=C(/C)CC/C=C(\C)CCC[C@H](C)CCC[C@H](C)CCCC(C)C)C1CC=C(C)CC1. The summed E-state index contributed by atoms with van der Waals surface area (Å²) >= 11 is 0. The molecule has 0 aromatic rings. The maximum atomic E-state index is 4.40. The highest BCUT2D eigenvalue weighted by Crippen LogP contribution is 2.30. The standard InChI is InChI=1S/C35H62/c1-28(2)14-9-15-29(3)16-10-17-30(4)18-11-19-31(5)20-12-21-32(6)22-13-23-34(8)35-26-24-33(7)25-27-35/h20,22,24,28-30,35H,8-19,21,23,25-27H2,1-7H3/b31-20+,32-22-/t29-,30-,35?/m1/s1. The molecule has 0 bridgehead atoms. The van der Waals surface area contributed by atoms with E-state index in [-0.39, 0.29) is 0 Å². The Bertz CT molecular complexity index is 656. The third kappa shape index (κ3) is 17.1. The molecule has 35 heavy (non-hydrogen) atoms. The van der Waals surface area contributed by atoms with Crippen molar-refractivity contribution < 1.29 is 0 Å². The normalized spacial score (nSPS) is 19.1. The van der Waals surface area contributed by atoms with Crippen LogP contribution in [0, 0.1) is 23.7 Å². The van der Waals surface area contributed by atoms with Crippen LogP contribution >= 0.6 is 0 Å². The lowest BCUT2D eigenvalue weighted by molar-refractivity contribution is 0.389. The summed E-state index contributed by atoms with van der Waals surface area (Å²) < 4.78 is 0. The fourth-order valence-electron chi connectivity index (χ4n) is 5.50. The molecule has 0 aromatic heterocycles. The largest absolute Gasteiger partial charge is 0.0996 e. The van der Waals surface area contributed by atoms with Crippen LogP contribution in [0.4, 0.5) is 0 Å². The Hall–Kier alpha value is -1.04. The molecule has 0 heterocycles. The molecule has 0 aromatic carbocycles. The summed E-state index contributed by atoms with van der Waals surface area (Å²) in [7, 11) is 0. The Morgan fingerprint density at radius 1 is 0.829 bits per heavy atom. The van der Waals surface area contributed by atoms with E-state index in [0.717, 1.165) is 23.7 Å². The van der Waals surface area contributed by atoms with E-state index in [1.54, 1.807) is 16.7 Å². The monoisotopic (exact) mass is 482 g/mol. The molecule has 1 rings (SSSR count). The van der Waals surface area contributed by atoms with Gasteiger partial charge in [-0.1, -0.05) is 120 Å². The highest BCUT2D eigenvalue weighted by atomic mass is 14.2. The maximum Gasteiger partial charge on any atom is -0.0168 e. The molecule has 0 fully saturated rings. The van der Waals surface area contributed by atoms with Crippen LogP contribution in [-0.2, 0) is 0 Å². The number of allylic oxidation sites excluding steroid dienone is 7. The van der Waals surface area contributed by atoms with E-state index < -0.39 is 0 Å². The van der Waals surface area contributed by atoms with Crippen molar-refractivity contribution in [1.29, 1.82) is 0 Å². The van der Waals surface area contributed by atoms with E-state index in [2.05, 4.69) is 73.3 Å². The summed E-state index contributed by atoms with van der Waals surface area (Å²) in [5, 5.41) is 0. The van der Waals surface area contributed by atoms with Crippen LogP contribution in [0.2, 0.25) is 0 Å². The van der Waals surface area contributed by atoms with Crippen molar-refractivity contribution in [2.24, 2.45) is 23.7 Å². The van der Waals surface area contributed by atoms with Crippen molar-refractivity contribution in [2.45, 2.75) is 151 Å². The topological polar surface area (TPSA) is 0 Å². The molecule has 0 saturated carbocycles. The summed E-state index contributed by atoms with van der Waals surface area (Å²) in [5.41, 5.74) is 6.18. The molecule has 202 valence electrons. The third-order valence-corrected chi connectivity index (χ3v) is 8.35. The minimum absolute atomic E-state index is 0.726. The molecule has 0 aliphatic heterocycles. The zero-order valence-electron chi connectivity index (χ0n) is 25.1. The number of hydrogen-bond donors (Lipinski definition) is 0. The van der Waals surface area contributed by atoms with Gasteiger partial charge in [-0.15, -0.1) is 0 Å². The van der Waals surface area contributed by atoms with Crippen LogP contribution < -0.4 is 0 Å². The van der Waals surface area contributed by atoms with Crippen molar-refractivity contribution in [3.05, 3.63) is 47.1 Å². The van der Waals surface area contributed by atoms with E-state index in [9.17, 15) is 0 Å². The van der Waals surface area contributed by atoms with Crippen LogP contribution in [0.5, 0.6) is 0 Å². The Morgan fingerprint density at radius 3 is 1.94 bits per heavy atom. The van der Waals surface area contributed by atoms with E-state index >= 15 is 0 Å². The van der Waals surface area contributed by atoms with Gasteiger partial charge in [0.2, 0.25) is 0 Å². The Kier molecular flexibility index (Phi) is 17.5. The molecule has 0 nitrogen and oxygen atoms in total. The quantitative estimate of drug-likeness (QED) is 0.161. The minimum Gasteiger partial charge on any atom is -0.0996 e. The van der Waals surface area contributed by atoms with E-state index in [1.165, 1.54) is 108 Å². The molecule has 1 aliphatic carbocycles. The van der Waals surface area contributed by atoms with Gasteiger partial charge in [-0.25, -0.2) is 0 Å². The second-order valence-corrected chi connectivity index (χ2v) is 12.7. The smallest absolute Gasteiger partial charge is 0.0168 e. The fourth-order valence-corrected chi connectivity index (χ4v) is 5.50. The van der Waals surface area contributed by atoms with Crippen LogP contribution in [0.1, 0.15) is 151 Å². The van der Waals surface area contributed by atoms with Crippen LogP contribution in [-0.4, -0.2) is 0 Å². The van der Waals surface area contributed by atoms with Crippen molar-refractivity contribution in [2.75, 3.05) is 0 Å². The van der Waals surface area contributed by atoms with Crippen molar-refractivity contribution in [1.82, 2.24) is 0 Å². The van der Waals surface area contributed by atoms with Gasteiger partial charge in [-0.2, -0.15) is 0 Å². The first kappa shape index (κ1) is 32.0. The van der Waals surface area contributed by atoms with Gasteiger partial charge in [0.1, 0.15) is 0 Å². The molecule has 0 radical (unpaired) electrons. The minimum atomic E-state index is 0.726. The summed E-state index contributed by atoms with van der Waals surface area (Å²) in [6.45, 7) is 20.9. The van der Waals surface area contributed by atoms with Crippen LogP contribution in [0.15, 0.2) is 47.1 Å². The van der Waals surface area contributed by atoms with Gasteiger partial charge in [0.15, 0.2) is 0 Å². The van der Waals surface area contributed by atoms with Crippen LogP contribution in [0.25, 0.3) is 0 Å². The van der Waals surface area contributed by atoms with Crippen molar-refractivity contribution in [3.8, 4) is 0 Å². The van der Waals surface area contributed by atoms with Gasteiger partial charge in [0.25, 0.3) is 0 Å². The Morgan fingerprint density at radius 2 is 1.37 bits per heavy atom. The predicted molar refractivity (Wildman–Crippen MR) is 161 cm³/mol. The van der Waals surface area contributed by atoms with Gasteiger partial charge >= 0.3 is 0 Å². The third-order valence-electron chi connectivity index (χ3n) is 8.35. The van der Waals surface area contributed by atoms with Crippen LogP contribution in [0.3, 0.4) is 0 Å². The highest BCUT2D eigenvalue weighted by Gasteiger charge is 2.14. The van der Waals surface area contributed by atoms with Gasteiger partial charge in [-0.3, -0.25) is 0 Å². The number of rotatable bonds is 19.